The Kier molecular flexibility index (Phi) is 15.2. The first-order chi connectivity index (χ1) is 28.2. The van der Waals surface area contributed by atoms with Crippen LogP contribution in [0.25, 0.3) is 0 Å². The number of hydrogen-bond donors (Lipinski definition) is 4. The molecule has 60 heavy (non-hydrogen) atoms. The summed E-state index contributed by atoms with van der Waals surface area (Å²) in [5.41, 5.74) is -0.00958. The summed E-state index contributed by atoms with van der Waals surface area (Å²) >= 11 is 0. The highest BCUT2D eigenvalue weighted by molar-refractivity contribution is 5.76. The molecule has 0 aromatic rings. The van der Waals surface area contributed by atoms with Crippen LogP contribution < -0.4 is 0 Å². The monoisotopic (exact) mass is 839 g/mol. The van der Waals surface area contributed by atoms with Gasteiger partial charge in [-0.15, -0.1) is 0 Å². The zero-order valence-corrected chi connectivity index (χ0v) is 39.2. The van der Waals surface area contributed by atoms with Crippen molar-refractivity contribution in [2.24, 2.45) is 69.5 Å². The topological polar surface area (TPSA) is 134 Å². The molecule has 0 spiro atoms. The molecule has 0 radical (unpaired) electrons. The molecule has 4 N–H and O–H groups in total. The number of esters is 2. The number of hydrogen-bond acceptors (Lipinski definition) is 8. The summed E-state index contributed by atoms with van der Waals surface area (Å²) in [6.07, 6.45) is 19.6. The van der Waals surface area contributed by atoms with Gasteiger partial charge in [-0.3, -0.25) is 9.59 Å². The number of aliphatic hydroxyl groups is 4. The summed E-state index contributed by atoms with van der Waals surface area (Å²) in [4.78, 5) is 27.0. The van der Waals surface area contributed by atoms with Gasteiger partial charge in [0, 0.05) is 11.8 Å². The third-order valence-corrected chi connectivity index (χ3v) is 18.3. The Hall–Kier alpha value is -1.74. The second-order valence-electron chi connectivity index (χ2n) is 22.8. The molecule has 0 heterocycles. The van der Waals surface area contributed by atoms with Gasteiger partial charge in [-0.05, 0) is 168 Å². The van der Waals surface area contributed by atoms with Crippen molar-refractivity contribution < 1.29 is 39.5 Å². The highest BCUT2D eigenvalue weighted by Crippen LogP contribution is 2.69. The van der Waals surface area contributed by atoms with Crippen molar-refractivity contribution in [2.45, 2.75) is 220 Å². The van der Waals surface area contributed by atoms with Crippen molar-refractivity contribution >= 4 is 11.9 Å². The first-order valence-corrected chi connectivity index (χ1v) is 24.8. The van der Waals surface area contributed by atoms with E-state index < -0.39 is 35.3 Å². The van der Waals surface area contributed by atoms with E-state index in [-0.39, 0.29) is 71.4 Å². The van der Waals surface area contributed by atoms with Crippen LogP contribution in [0.3, 0.4) is 0 Å². The van der Waals surface area contributed by atoms with Gasteiger partial charge in [0.1, 0.15) is 12.2 Å². The van der Waals surface area contributed by atoms with Gasteiger partial charge >= 0.3 is 11.9 Å². The molecule has 3 unspecified atom stereocenters. The van der Waals surface area contributed by atoms with E-state index in [9.17, 15) is 30.0 Å². The number of unbranched alkanes of at least 4 members (excludes halogenated alkanes) is 3. The minimum Gasteiger partial charge on any atom is -0.462 e. The summed E-state index contributed by atoms with van der Waals surface area (Å²) in [6.45, 7) is 19.5. The van der Waals surface area contributed by atoms with Crippen LogP contribution in [0.15, 0.2) is 23.8 Å². The maximum atomic E-state index is 13.8. The Bertz CT molecular complexity index is 1530. The number of ether oxygens (including phenoxy) is 2. The molecular formula is C52H86O8. The van der Waals surface area contributed by atoms with E-state index in [1.54, 1.807) is 0 Å². The summed E-state index contributed by atoms with van der Waals surface area (Å²) in [5, 5.41) is 45.4. The summed E-state index contributed by atoms with van der Waals surface area (Å²) < 4.78 is 12.7. The number of carbonyl (C=O) groups is 2. The van der Waals surface area contributed by atoms with Gasteiger partial charge in [-0.2, -0.15) is 0 Å². The first-order valence-electron chi connectivity index (χ1n) is 24.8. The van der Waals surface area contributed by atoms with Crippen molar-refractivity contribution in [3.8, 4) is 0 Å². The average molecular weight is 839 g/mol. The molecule has 4 fully saturated rings. The molecule has 0 aromatic heterocycles. The van der Waals surface area contributed by atoms with E-state index in [0.29, 0.717) is 49.4 Å². The second-order valence-corrected chi connectivity index (χ2v) is 22.8. The number of carbonyl (C=O) groups excluding carboxylic acids is 2. The Balaban J connectivity index is 1.07. The third kappa shape index (κ3) is 9.97. The number of allylic oxidation sites excluding steroid dienone is 3. The van der Waals surface area contributed by atoms with Crippen molar-refractivity contribution in [1.82, 2.24) is 0 Å². The maximum absolute atomic E-state index is 13.8. The van der Waals surface area contributed by atoms with Crippen LogP contribution in [0, 0.1) is 69.5 Å². The van der Waals surface area contributed by atoms with Crippen LogP contribution in [0.4, 0.5) is 0 Å². The second kappa shape index (κ2) is 19.2. The average Bonchev–Trinajstić information content (AvgIpc) is 3.55. The van der Waals surface area contributed by atoms with E-state index >= 15 is 0 Å². The molecule has 6 aliphatic rings. The van der Waals surface area contributed by atoms with E-state index in [0.717, 1.165) is 64.2 Å². The lowest BCUT2D eigenvalue weighted by Gasteiger charge is -2.63. The lowest BCUT2D eigenvalue weighted by Crippen LogP contribution is -2.59. The molecule has 4 saturated carbocycles. The molecule has 0 aromatic carbocycles. The van der Waals surface area contributed by atoms with Gasteiger partial charge in [-0.1, -0.05) is 85.5 Å². The quantitative estimate of drug-likeness (QED) is 0.0841. The van der Waals surface area contributed by atoms with Crippen LogP contribution in [0.1, 0.15) is 184 Å². The Morgan fingerprint density at radius 3 is 2.30 bits per heavy atom. The summed E-state index contributed by atoms with van der Waals surface area (Å²) in [6, 6.07) is 0. The zero-order chi connectivity index (χ0) is 43.8. The minimum absolute atomic E-state index is 0.0373. The molecule has 17 atom stereocenters. The van der Waals surface area contributed by atoms with Crippen molar-refractivity contribution in [3.63, 3.8) is 0 Å². The predicted molar refractivity (Wildman–Crippen MR) is 237 cm³/mol. The van der Waals surface area contributed by atoms with Gasteiger partial charge in [0.05, 0.1) is 35.7 Å². The van der Waals surface area contributed by atoms with E-state index in [1.165, 1.54) is 24.8 Å². The van der Waals surface area contributed by atoms with Crippen molar-refractivity contribution in [2.75, 3.05) is 0 Å². The van der Waals surface area contributed by atoms with Gasteiger partial charge in [0.25, 0.3) is 0 Å². The SMILES string of the molecule is CCCCCC[C@](C)(O)[C@H]1CCC2C3C[C@H](OC(=O)C[C@H](O)C[C@@H](O)CC[C@@H]4[C@@H]5C(=C[C@H](C)C[C@@H]5OC(=O)C(C)(C)CC)C=C[C@@H]4C)[C@H]4C[C@@H](O)CC[C@]4(C)C3CC[C@@]21C. The predicted octanol–water partition coefficient (Wildman–Crippen LogP) is 10.3. The van der Waals surface area contributed by atoms with Gasteiger partial charge in [0.2, 0.25) is 0 Å². The van der Waals surface area contributed by atoms with Crippen molar-refractivity contribution in [1.29, 1.82) is 0 Å². The van der Waals surface area contributed by atoms with Crippen LogP contribution >= 0.6 is 0 Å². The fourth-order valence-corrected chi connectivity index (χ4v) is 14.5. The highest BCUT2D eigenvalue weighted by atomic mass is 16.5. The van der Waals surface area contributed by atoms with Gasteiger partial charge < -0.3 is 29.9 Å². The highest BCUT2D eigenvalue weighted by Gasteiger charge is 2.64. The van der Waals surface area contributed by atoms with E-state index in [1.807, 2.05) is 20.8 Å². The smallest absolute Gasteiger partial charge is 0.311 e. The standard InChI is InChI=1S/C52H86O8/c1-10-12-13-14-23-52(9,58)45-20-19-40-39-31-43(42-29-36(54)21-24-50(42,7)41(39)22-25-51(40,45)8)59-46(56)30-37(55)28-35(53)17-18-38-33(4)15-16-34-26-32(3)27-44(47(34)38)60-48(57)49(5,6)11-2/h15-16,26,32-33,35-45,47,53-55,58H,10-14,17-25,27-31H2,1-9H3/t32-,33-,35-,36-,37+,38-,39?,40?,41?,42+,43-,44-,45-,47-,50+,51-,52-/m0/s1. The molecular weight excluding hydrogens is 753 g/mol. The van der Waals surface area contributed by atoms with Crippen LogP contribution in [0.2, 0.25) is 0 Å². The molecule has 0 aliphatic heterocycles. The molecule has 8 nitrogen and oxygen atoms in total. The van der Waals surface area contributed by atoms with E-state index in [4.69, 9.17) is 9.47 Å². The molecule has 8 heteroatoms. The molecule has 342 valence electrons. The number of fused-ring (bicyclic) bond motifs is 6. The largest absolute Gasteiger partial charge is 0.462 e. The third-order valence-electron chi connectivity index (χ3n) is 18.3. The normalized spacial score (nSPS) is 40.8. The maximum Gasteiger partial charge on any atom is 0.311 e. The number of aliphatic hydroxyl groups excluding tert-OH is 3. The molecule has 6 aliphatic carbocycles. The fraction of sp³-hybridized carbons (Fsp3) is 0.885. The minimum atomic E-state index is -1.03. The van der Waals surface area contributed by atoms with Crippen molar-refractivity contribution in [3.05, 3.63) is 23.8 Å². The van der Waals surface area contributed by atoms with Crippen LogP contribution in [-0.4, -0.2) is 68.5 Å². The molecule has 0 amide bonds. The fourth-order valence-electron chi connectivity index (χ4n) is 14.5. The Morgan fingerprint density at radius 2 is 1.58 bits per heavy atom. The summed E-state index contributed by atoms with van der Waals surface area (Å²) in [7, 11) is 0. The van der Waals surface area contributed by atoms with Gasteiger partial charge in [-0.25, -0.2) is 0 Å². The van der Waals surface area contributed by atoms with Gasteiger partial charge in [0.15, 0.2) is 0 Å². The Labute approximate surface area is 364 Å². The van der Waals surface area contributed by atoms with E-state index in [2.05, 4.69) is 59.8 Å². The van der Waals surface area contributed by atoms with Crippen LogP contribution in [-0.2, 0) is 19.1 Å². The Morgan fingerprint density at radius 1 is 0.867 bits per heavy atom. The lowest BCUT2D eigenvalue weighted by molar-refractivity contribution is -0.198. The van der Waals surface area contributed by atoms with Crippen LogP contribution in [0.5, 0.6) is 0 Å². The lowest BCUT2D eigenvalue weighted by atomic mass is 9.43. The molecule has 6 rings (SSSR count). The zero-order valence-electron chi connectivity index (χ0n) is 39.2. The summed E-state index contributed by atoms with van der Waals surface area (Å²) in [5.74, 6) is 1.91. The molecule has 0 saturated heterocycles. The molecule has 0 bridgehead atoms. The number of rotatable bonds is 17. The first kappa shape index (κ1) is 47.7.